The second-order valence-corrected chi connectivity index (χ2v) is 3.51. The van der Waals surface area contributed by atoms with Crippen LogP contribution >= 0.6 is 0 Å². The van der Waals surface area contributed by atoms with Gasteiger partial charge in [0.1, 0.15) is 17.6 Å². The molecule has 0 amide bonds. The van der Waals surface area contributed by atoms with Crippen molar-refractivity contribution in [1.82, 2.24) is 0 Å². The summed E-state index contributed by atoms with van der Waals surface area (Å²) >= 11 is 0. The van der Waals surface area contributed by atoms with Crippen LogP contribution in [-0.2, 0) is 6.42 Å². The third-order valence-corrected chi connectivity index (χ3v) is 2.60. The first-order chi connectivity index (χ1) is 6.72. The van der Waals surface area contributed by atoms with Crippen molar-refractivity contribution in [2.45, 2.75) is 32.8 Å². The summed E-state index contributed by atoms with van der Waals surface area (Å²) in [6.07, 6.45) is 1.15. The van der Waals surface area contributed by atoms with Crippen LogP contribution in [0, 0.1) is 5.92 Å². The van der Waals surface area contributed by atoms with Gasteiger partial charge in [-0.25, -0.2) is 0 Å². The number of hydrogen-bond acceptors (Lipinski definition) is 3. The van der Waals surface area contributed by atoms with E-state index in [-0.39, 0.29) is 5.92 Å². The maximum absolute atomic E-state index is 9.92. The predicted octanol–water partition coefficient (Wildman–Crippen LogP) is 1.86. The van der Waals surface area contributed by atoms with Crippen molar-refractivity contribution in [2.24, 2.45) is 11.7 Å². The summed E-state index contributed by atoms with van der Waals surface area (Å²) in [5.74, 6) is 1.64. The molecule has 14 heavy (non-hydrogen) atoms. The zero-order valence-electron chi connectivity index (χ0n) is 8.86. The smallest absolute Gasteiger partial charge is 0.133 e. The van der Waals surface area contributed by atoms with Crippen LogP contribution in [0.5, 0.6) is 0 Å². The first-order valence-electron chi connectivity index (χ1n) is 5.19. The summed E-state index contributed by atoms with van der Waals surface area (Å²) < 4.78 is 5.47. The van der Waals surface area contributed by atoms with Gasteiger partial charge in [-0.15, -0.1) is 0 Å². The highest BCUT2D eigenvalue weighted by molar-refractivity contribution is 5.10. The van der Waals surface area contributed by atoms with Crippen molar-refractivity contribution in [2.75, 3.05) is 6.54 Å². The summed E-state index contributed by atoms with van der Waals surface area (Å²) in [7, 11) is 0. The Hall–Kier alpha value is -0.800. The Morgan fingerprint density at radius 1 is 1.43 bits per heavy atom. The van der Waals surface area contributed by atoms with Crippen LogP contribution in [-0.4, -0.2) is 11.7 Å². The molecule has 0 radical (unpaired) electrons. The number of aliphatic hydroxyl groups excluding tert-OH is 1. The fourth-order valence-electron chi connectivity index (χ4n) is 1.49. The highest BCUT2D eigenvalue weighted by Crippen LogP contribution is 2.25. The summed E-state index contributed by atoms with van der Waals surface area (Å²) in [5, 5.41) is 9.92. The fourth-order valence-corrected chi connectivity index (χ4v) is 1.49. The van der Waals surface area contributed by atoms with Gasteiger partial charge in [0.15, 0.2) is 0 Å². The molecule has 0 fully saturated rings. The van der Waals surface area contributed by atoms with E-state index >= 15 is 0 Å². The number of hydrogen-bond donors (Lipinski definition) is 2. The lowest BCUT2D eigenvalue weighted by Gasteiger charge is -2.17. The molecule has 0 aliphatic carbocycles. The van der Waals surface area contributed by atoms with E-state index in [0.29, 0.717) is 12.3 Å². The van der Waals surface area contributed by atoms with Crippen LogP contribution in [0.1, 0.15) is 37.9 Å². The van der Waals surface area contributed by atoms with E-state index in [2.05, 4.69) is 0 Å². The maximum Gasteiger partial charge on any atom is 0.133 e. The number of rotatable bonds is 5. The lowest BCUT2D eigenvalue weighted by Crippen LogP contribution is -2.20. The number of furan rings is 1. The Morgan fingerprint density at radius 3 is 2.57 bits per heavy atom. The molecule has 1 aromatic rings. The molecule has 0 bridgehead atoms. The van der Waals surface area contributed by atoms with Gasteiger partial charge in [0.25, 0.3) is 0 Å². The molecule has 1 aromatic heterocycles. The minimum absolute atomic E-state index is 0.0888. The van der Waals surface area contributed by atoms with Crippen molar-refractivity contribution >= 4 is 0 Å². The predicted molar refractivity (Wildman–Crippen MR) is 55.9 cm³/mol. The van der Waals surface area contributed by atoms with Gasteiger partial charge in [-0.05, 0) is 25.1 Å². The van der Waals surface area contributed by atoms with Gasteiger partial charge in [-0.1, -0.05) is 13.8 Å². The largest absolute Gasteiger partial charge is 0.463 e. The Bertz CT molecular complexity index is 266. The van der Waals surface area contributed by atoms with E-state index in [0.717, 1.165) is 18.6 Å². The van der Waals surface area contributed by atoms with E-state index < -0.39 is 6.10 Å². The maximum atomic E-state index is 9.92. The minimum atomic E-state index is -0.565. The van der Waals surface area contributed by atoms with Crippen LogP contribution < -0.4 is 5.73 Å². The van der Waals surface area contributed by atoms with E-state index in [4.69, 9.17) is 10.2 Å². The first kappa shape index (κ1) is 11.3. The lowest BCUT2D eigenvalue weighted by atomic mass is 9.98. The van der Waals surface area contributed by atoms with E-state index in [1.807, 2.05) is 26.0 Å². The van der Waals surface area contributed by atoms with Gasteiger partial charge < -0.3 is 15.3 Å². The molecule has 1 rings (SSSR count). The molecule has 3 N–H and O–H groups in total. The Kier molecular flexibility index (Phi) is 4.17. The van der Waals surface area contributed by atoms with Gasteiger partial charge in [-0.2, -0.15) is 0 Å². The summed E-state index contributed by atoms with van der Waals surface area (Å²) in [5.41, 5.74) is 5.56. The van der Waals surface area contributed by atoms with Gasteiger partial charge in [0.05, 0.1) is 0 Å². The molecule has 3 nitrogen and oxygen atoms in total. The van der Waals surface area contributed by atoms with Crippen molar-refractivity contribution in [3.8, 4) is 0 Å². The average molecular weight is 197 g/mol. The van der Waals surface area contributed by atoms with Crippen molar-refractivity contribution < 1.29 is 9.52 Å². The molecule has 0 aliphatic rings. The molecule has 0 aliphatic heterocycles. The van der Waals surface area contributed by atoms with Gasteiger partial charge in [0.2, 0.25) is 0 Å². The SMILES string of the molecule is CCc1ccc(C(O)C(CC)CN)o1. The van der Waals surface area contributed by atoms with Crippen molar-refractivity contribution in [1.29, 1.82) is 0 Å². The Balaban J connectivity index is 2.72. The molecule has 0 aromatic carbocycles. The molecule has 2 unspecified atom stereocenters. The van der Waals surface area contributed by atoms with E-state index in [9.17, 15) is 5.11 Å². The number of aryl methyl sites for hydroxylation is 1. The van der Waals surface area contributed by atoms with Crippen molar-refractivity contribution in [3.63, 3.8) is 0 Å². The molecule has 3 heteroatoms. The minimum Gasteiger partial charge on any atom is -0.463 e. The van der Waals surface area contributed by atoms with Crippen LogP contribution in [0.15, 0.2) is 16.5 Å². The zero-order chi connectivity index (χ0) is 10.6. The van der Waals surface area contributed by atoms with Crippen LogP contribution in [0.25, 0.3) is 0 Å². The topological polar surface area (TPSA) is 59.4 Å². The molecular weight excluding hydrogens is 178 g/mol. The third kappa shape index (κ3) is 2.36. The molecule has 1 heterocycles. The third-order valence-electron chi connectivity index (χ3n) is 2.60. The first-order valence-corrected chi connectivity index (χ1v) is 5.19. The van der Waals surface area contributed by atoms with Crippen molar-refractivity contribution in [3.05, 3.63) is 23.7 Å². The summed E-state index contributed by atoms with van der Waals surface area (Å²) in [4.78, 5) is 0. The zero-order valence-corrected chi connectivity index (χ0v) is 8.86. The van der Waals surface area contributed by atoms with Crippen LogP contribution in [0.2, 0.25) is 0 Å². The van der Waals surface area contributed by atoms with Crippen LogP contribution in [0.4, 0.5) is 0 Å². The number of nitrogens with two attached hydrogens (primary N) is 1. The highest BCUT2D eigenvalue weighted by Gasteiger charge is 2.20. The molecular formula is C11H19NO2. The lowest BCUT2D eigenvalue weighted by molar-refractivity contribution is 0.0862. The monoisotopic (exact) mass is 197 g/mol. The number of aliphatic hydroxyl groups is 1. The normalized spacial score (nSPS) is 15.4. The second kappa shape index (κ2) is 5.17. The molecule has 2 atom stereocenters. The van der Waals surface area contributed by atoms with Gasteiger partial charge in [-0.3, -0.25) is 0 Å². The molecule has 0 saturated heterocycles. The second-order valence-electron chi connectivity index (χ2n) is 3.51. The Labute approximate surface area is 84.9 Å². The van der Waals surface area contributed by atoms with E-state index in [1.54, 1.807) is 0 Å². The Morgan fingerprint density at radius 2 is 2.14 bits per heavy atom. The van der Waals surface area contributed by atoms with Crippen LogP contribution in [0.3, 0.4) is 0 Å². The average Bonchev–Trinajstić information content (AvgIpc) is 2.67. The van der Waals surface area contributed by atoms with E-state index in [1.165, 1.54) is 0 Å². The molecule has 0 spiro atoms. The van der Waals surface area contributed by atoms with Gasteiger partial charge in [0, 0.05) is 12.3 Å². The highest BCUT2D eigenvalue weighted by atomic mass is 16.4. The fraction of sp³-hybridized carbons (Fsp3) is 0.636. The van der Waals surface area contributed by atoms with Gasteiger partial charge >= 0.3 is 0 Å². The quantitative estimate of drug-likeness (QED) is 0.757. The summed E-state index contributed by atoms with van der Waals surface area (Å²) in [6.45, 7) is 4.53. The molecule has 80 valence electrons. The molecule has 0 saturated carbocycles. The standard InChI is InChI=1S/C11H19NO2/c1-3-8(7-12)11(13)10-6-5-9(4-2)14-10/h5-6,8,11,13H,3-4,7,12H2,1-2H3. The summed E-state index contributed by atoms with van der Waals surface area (Å²) in [6, 6.07) is 3.74.